The van der Waals surface area contributed by atoms with Crippen LogP contribution >= 0.6 is 0 Å². The van der Waals surface area contributed by atoms with Gasteiger partial charge in [-0.25, -0.2) is 0 Å². The number of rotatable bonds is 4. The van der Waals surface area contributed by atoms with Crippen LogP contribution in [0.5, 0.6) is 5.75 Å². The van der Waals surface area contributed by atoms with Crippen molar-refractivity contribution in [3.8, 4) is 5.75 Å². The topological polar surface area (TPSA) is 67.9 Å². The SMILES string of the molecule is C[C@@H]1Oc2ccccc2N(CC(=O)NC[C@@H]2CCOC2)C1=O. The molecular formula is C16H20N2O4. The second-order valence-corrected chi connectivity index (χ2v) is 5.69. The van der Waals surface area contributed by atoms with Gasteiger partial charge in [-0.1, -0.05) is 12.1 Å². The van der Waals surface area contributed by atoms with Crippen LogP contribution in [-0.2, 0) is 14.3 Å². The van der Waals surface area contributed by atoms with Crippen molar-refractivity contribution in [2.24, 2.45) is 5.92 Å². The first-order valence-electron chi connectivity index (χ1n) is 7.56. The van der Waals surface area contributed by atoms with Gasteiger partial charge < -0.3 is 14.8 Å². The Morgan fingerprint density at radius 2 is 2.23 bits per heavy atom. The Morgan fingerprint density at radius 1 is 1.41 bits per heavy atom. The van der Waals surface area contributed by atoms with Gasteiger partial charge >= 0.3 is 0 Å². The maximum absolute atomic E-state index is 12.3. The van der Waals surface area contributed by atoms with E-state index in [4.69, 9.17) is 9.47 Å². The van der Waals surface area contributed by atoms with Crippen LogP contribution in [0.3, 0.4) is 0 Å². The van der Waals surface area contributed by atoms with E-state index in [-0.39, 0.29) is 18.4 Å². The standard InChI is InChI=1S/C16H20N2O4/c1-11-16(20)18(13-4-2-3-5-14(13)22-11)9-15(19)17-8-12-6-7-21-10-12/h2-5,11-12H,6-10H2,1H3,(H,17,19)/t11-,12-/m0/s1. The molecule has 1 fully saturated rings. The molecule has 1 saturated heterocycles. The largest absolute Gasteiger partial charge is 0.479 e. The lowest BCUT2D eigenvalue weighted by Crippen LogP contribution is -2.49. The number of para-hydroxylation sites is 2. The first-order valence-corrected chi connectivity index (χ1v) is 7.56. The third-order valence-electron chi connectivity index (χ3n) is 3.99. The molecule has 0 radical (unpaired) electrons. The summed E-state index contributed by atoms with van der Waals surface area (Å²) in [4.78, 5) is 25.9. The number of nitrogens with one attached hydrogen (secondary N) is 1. The normalized spacial score (nSPS) is 23.9. The Balaban J connectivity index is 1.65. The number of fused-ring (bicyclic) bond motifs is 1. The van der Waals surface area contributed by atoms with Crippen LogP contribution < -0.4 is 15.0 Å². The van der Waals surface area contributed by atoms with Gasteiger partial charge in [0.1, 0.15) is 12.3 Å². The summed E-state index contributed by atoms with van der Waals surface area (Å²) in [6, 6.07) is 7.27. The van der Waals surface area contributed by atoms with Crippen molar-refractivity contribution < 1.29 is 19.1 Å². The van der Waals surface area contributed by atoms with Crippen LogP contribution in [0.4, 0.5) is 5.69 Å². The molecule has 0 bridgehead atoms. The Kier molecular flexibility index (Phi) is 4.29. The lowest BCUT2D eigenvalue weighted by Gasteiger charge is -2.32. The van der Waals surface area contributed by atoms with E-state index in [9.17, 15) is 9.59 Å². The maximum atomic E-state index is 12.3. The molecule has 2 aliphatic heterocycles. The predicted octanol–water partition coefficient (Wildman–Crippen LogP) is 0.953. The molecule has 0 aromatic heterocycles. The number of carbonyl (C=O) groups is 2. The molecule has 1 aromatic rings. The summed E-state index contributed by atoms with van der Waals surface area (Å²) in [7, 11) is 0. The second kappa shape index (κ2) is 6.36. The first-order chi connectivity index (χ1) is 10.6. The lowest BCUT2D eigenvalue weighted by molar-refractivity contribution is -0.128. The Morgan fingerprint density at radius 3 is 3.00 bits per heavy atom. The molecular weight excluding hydrogens is 284 g/mol. The van der Waals surface area contributed by atoms with Gasteiger partial charge in [-0.2, -0.15) is 0 Å². The number of hydrogen-bond donors (Lipinski definition) is 1. The molecule has 22 heavy (non-hydrogen) atoms. The van der Waals surface area contributed by atoms with Crippen LogP contribution in [0.2, 0.25) is 0 Å². The Hall–Kier alpha value is -2.08. The van der Waals surface area contributed by atoms with Gasteiger partial charge in [-0.05, 0) is 25.5 Å². The highest BCUT2D eigenvalue weighted by molar-refractivity contribution is 6.03. The molecule has 6 nitrogen and oxygen atoms in total. The van der Waals surface area contributed by atoms with E-state index in [1.165, 1.54) is 4.90 Å². The van der Waals surface area contributed by atoms with Crippen molar-refractivity contribution in [2.45, 2.75) is 19.4 Å². The molecule has 0 aliphatic carbocycles. The number of ether oxygens (including phenoxy) is 2. The van der Waals surface area contributed by atoms with Crippen LogP contribution in [0.15, 0.2) is 24.3 Å². The molecule has 1 aromatic carbocycles. The van der Waals surface area contributed by atoms with Gasteiger partial charge in [0, 0.05) is 19.1 Å². The summed E-state index contributed by atoms with van der Waals surface area (Å²) < 4.78 is 10.8. The molecule has 0 spiro atoms. The fourth-order valence-corrected chi connectivity index (χ4v) is 2.72. The van der Waals surface area contributed by atoms with Gasteiger partial charge in [0.15, 0.2) is 6.10 Å². The highest BCUT2D eigenvalue weighted by Crippen LogP contribution is 2.33. The quantitative estimate of drug-likeness (QED) is 0.899. The zero-order valence-corrected chi connectivity index (χ0v) is 12.6. The van der Waals surface area contributed by atoms with E-state index in [1.807, 2.05) is 12.1 Å². The average molecular weight is 304 g/mol. The molecule has 1 N–H and O–H groups in total. The van der Waals surface area contributed by atoms with Gasteiger partial charge in [0.25, 0.3) is 5.91 Å². The average Bonchev–Trinajstić information content (AvgIpc) is 3.03. The predicted molar refractivity (Wildman–Crippen MR) is 80.8 cm³/mol. The Bertz CT molecular complexity index is 569. The van der Waals surface area contributed by atoms with Crippen molar-refractivity contribution in [3.05, 3.63) is 24.3 Å². The van der Waals surface area contributed by atoms with E-state index in [1.54, 1.807) is 19.1 Å². The molecule has 0 saturated carbocycles. The highest BCUT2D eigenvalue weighted by atomic mass is 16.5. The fourth-order valence-electron chi connectivity index (χ4n) is 2.72. The molecule has 6 heteroatoms. The number of benzene rings is 1. The number of nitrogens with zero attached hydrogens (tertiary/aromatic N) is 1. The van der Waals surface area contributed by atoms with Crippen molar-refractivity contribution in [3.63, 3.8) is 0 Å². The summed E-state index contributed by atoms with van der Waals surface area (Å²) in [5.41, 5.74) is 0.643. The van der Waals surface area contributed by atoms with Gasteiger partial charge in [-0.15, -0.1) is 0 Å². The molecule has 2 amide bonds. The molecule has 2 heterocycles. The minimum atomic E-state index is -0.578. The Labute approximate surface area is 129 Å². The highest BCUT2D eigenvalue weighted by Gasteiger charge is 2.32. The van der Waals surface area contributed by atoms with Crippen LogP contribution in [-0.4, -0.2) is 44.2 Å². The van der Waals surface area contributed by atoms with Crippen LogP contribution in [0.1, 0.15) is 13.3 Å². The van der Waals surface area contributed by atoms with Gasteiger partial charge in [0.05, 0.1) is 12.3 Å². The summed E-state index contributed by atoms with van der Waals surface area (Å²) in [5, 5.41) is 2.88. The third kappa shape index (κ3) is 3.06. The number of carbonyl (C=O) groups excluding carboxylic acids is 2. The van der Waals surface area contributed by atoms with Crippen molar-refractivity contribution >= 4 is 17.5 Å². The van der Waals surface area contributed by atoms with E-state index in [0.717, 1.165) is 13.0 Å². The van der Waals surface area contributed by atoms with Gasteiger partial charge in [0.2, 0.25) is 5.91 Å². The van der Waals surface area contributed by atoms with Crippen molar-refractivity contribution in [2.75, 3.05) is 31.2 Å². The molecule has 3 rings (SSSR count). The number of anilines is 1. The zero-order chi connectivity index (χ0) is 15.5. The van der Waals surface area contributed by atoms with Crippen molar-refractivity contribution in [1.82, 2.24) is 5.32 Å². The molecule has 0 unspecified atom stereocenters. The van der Waals surface area contributed by atoms with E-state index in [2.05, 4.69) is 5.32 Å². The molecule has 2 aliphatic rings. The zero-order valence-electron chi connectivity index (χ0n) is 12.6. The smallest absolute Gasteiger partial charge is 0.268 e. The van der Waals surface area contributed by atoms with E-state index < -0.39 is 6.10 Å². The minimum absolute atomic E-state index is 0.0110. The number of hydrogen-bond acceptors (Lipinski definition) is 4. The molecule has 2 atom stereocenters. The van der Waals surface area contributed by atoms with Crippen molar-refractivity contribution in [1.29, 1.82) is 0 Å². The van der Waals surface area contributed by atoms with E-state index in [0.29, 0.717) is 30.5 Å². The summed E-state index contributed by atoms with van der Waals surface area (Å²) in [5.74, 6) is 0.643. The second-order valence-electron chi connectivity index (χ2n) is 5.69. The first kappa shape index (κ1) is 14.8. The monoisotopic (exact) mass is 304 g/mol. The molecule has 118 valence electrons. The summed E-state index contributed by atoms with van der Waals surface area (Å²) in [6.45, 7) is 3.74. The third-order valence-corrected chi connectivity index (χ3v) is 3.99. The fraction of sp³-hybridized carbons (Fsp3) is 0.500. The summed E-state index contributed by atoms with van der Waals surface area (Å²) in [6.07, 6.45) is 0.391. The summed E-state index contributed by atoms with van der Waals surface area (Å²) >= 11 is 0. The minimum Gasteiger partial charge on any atom is -0.479 e. The van der Waals surface area contributed by atoms with Crippen LogP contribution in [0, 0.1) is 5.92 Å². The van der Waals surface area contributed by atoms with E-state index >= 15 is 0 Å². The van der Waals surface area contributed by atoms with Gasteiger partial charge in [-0.3, -0.25) is 14.5 Å². The maximum Gasteiger partial charge on any atom is 0.268 e. The van der Waals surface area contributed by atoms with Crippen LogP contribution in [0.25, 0.3) is 0 Å². The lowest BCUT2D eigenvalue weighted by atomic mass is 10.1. The number of amides is 2.